The Morgan fingerprint density at radius 1 is 0.544 bits per heavy atom. The van der Waals surface area contributed by atoms with E-state index in [0.29, 0.717) is 28.3 Å². The molecule has 3 rings (SSSR count). The van der Waals surface area contributed by atoms with E-state index in [1.807, 2.05) is 0 Å². The van der Waals surface area contributed by atoms with Gasteiger partial charge >= 0.3 is 11.9 Å². The molecule has 0 fully saturated rings. The van der Waals surface area contributed by atoms with E-state index in [-0.39, 0.29) is 55.9 Å². The molecule has 79 heavy (non-hydrogen) atoms. The number of carboxylic acids is 2. The quantitative estimate of drug-likeness (QED) is 0.0369. The summed E-state index contributed by atoms with van der Waals surface area (Å²) in [6.45, 7) is 8.11. The molecule has 434 valence electrons. The van der Waals surface area contributed by atoms with Gasteiger partial charge in [0.15, 0.2) is 0 Å². The lowest BCUT2D eigenvalue weighted by Crippen LogP contribution is -2.61. The standard InChI is InChI=1S/C52H75N11O14S2/c1-27(2)20-38(62-51(75)43(28(3)4)63-44(68)29(5)56-45(69)35(53)24-42(66)67)47(71)59-39(21-30-8-12-33(64)13-9-30)48(72)60-40(22-31-10-14-34(65)15-11-31)49(73)61-41(23-32-25-54-26-55-32)50(74)57-36(16-18-78-6)46(70)58-37(52(76)77)17-19-79-7/h8-15,25-29,35-41,43,64-65H,16-24,53H2,1-7H3,(H,54,55)(H,56,69)(H,57,74)(H,58,70)(H,59,71)(H,60,72)(H,61,73)(H,62,75)(H,63,68)(H,66,67)(H,76,77)/t29-,35-,36-,37-,38-,39-,40-,41-,43-/m0/s1. The number of hydrogen-bond acceptors (Lipinski definition) is 16. The number of rotatable bonds is 34. The second kappa shape index (κ2) is 33.1. The molecular formula is C52H75N11O14S2. The molecule has 0 radical (unpaired) electrons. The lowest BCUT2D eigenvalue weighted by Gasteiger charge is -2.29. The number of hydrogen-bond donors (Lipinski definition) is 14. The van der Waals surface area contributed by atoms with Gasteiger partial charge in [-0.15, -0.1) is 0 Å². The minimum atomic E-state index is -1.50. The first-order valence-corrected chi connectivity index (χ1v) is 28.2. The number of aromatic amines is 1. The van der Waals surface area contributed by atoms with Crippen LogP contribution < -0.4 is 48.3 Å². The highest BCUT2D eigenvalue weighted by atomic mass is 32.2. The molecule has 2 aromatic carbocycles. The van der Waals surface area contributed by atoms with Crippen molar-refractivity contribution in [1.29, 1.82) is 0 Å². The lowest BCUT2D eigenvalue weighted by atomic mass is 9.98. The Bertz CT molecular complexity index is 2520. The molecule has 15 N–H and O–H groups in total. The molecule has 0 aliphatic heterocycles. The van der Waals surface area contributed by atoms with Gasteiger partial charge in [0.05, 0.1) is 18.8 Å². The fourth-order valence-electron chi connectivity index (χ4n) is 7.78. The summed E-state index contributed by atoms with van der Waals surface area (Å²) in [5.74, 6) is -9.49. The van der Waals surface area contributed by atoms with E-state index in [2.05, 4.69) is 52.5 Å². The Kier molecular flexibility index (Phi) is 27.6. The van der Waals surface area contributed by atoms with Crippen LogP contribution in [0.5, 0.6) is 11.5 Å². The zero-order valence-electron chi connectivity index (χ0n) is 45.2. The highest BCUT2D eigenvalue weighted by Crippen LogP contribution is 2.16. The number of H-pyrrole nitrogens is 1. The summed E-state index contributed by atoms with van der Waals surface area (Å²) < 4.78 is 0. The fraction of sp³-hybridized carbons (Fsp3) is 0.519. The molecular weight excluding hydrogens is 1070 g/mol. The number of aromatic nitrogens is 2. The van der Waals surface area contributed by atoms with Crippen LogP contribution in [0, 0.1) is 11.8 Å². The summed E-state index contributed by atoms with van der Waals surface area (Å²) in [6.07, 6.45) is 5.26. The van der Waals surface area contributed by atoms with Gasteiger partial charge in [0.1, 0.15) is 59.8 Å². The summed E-state index contributed by atoms with van der Waals surface area (Å²) in [7, 11) is 0. The highest BCUT2D eigenvalue weighted by molar-refractivity contribution is 7.98. The summed E-state index contributed by atoms with van der Waals surface area (Å²) in [4.78, 5) is 142. The molecule has 0 bridgehead atoms. The third-order valence-electron chi connectivity index (χ3n) is 12.2. The van der Waals surface area contributed by atoms with Gasteiger partial charge in [-0.05, 0) is 97.4 Å². The number of thioether (sulfide) groups is 2. The third kappa shape index (κ3) is 23.2. The smallest absolute Gasteiger partial charge is 0.326 e. The normalized spacial score (nSPS) is 14.6. The number of carbonyl (C=O) groups is 10. The van der Waals surface area contributed by atoms with Crippen molar-refractivity contribution in [1.82, 2.24) is 52.5 Å². The molecule has 0 saturated carbocycles. The van der Waals surface area contributed by atoms with Crippen LogP contribution >= 0.6 is 23.5 Å². The van der Waals surface area contributed by atoms with E-state index >= 15 is 0 Å². The SMILES string of the molecule is CSCC[C@H](NC(=O)[C@H](CCSC)NC(=O)[C@H](Cc1cnc[nH]1)NC(=O)[C@H](Cc1ccc(O)cc1)NC(=O)[C@H](Cc1ccc(O)cc1)NC(=O)[C@H](CC(C)C)NC(=O)[C@@H](NC(=O)[C@H](C)NC(=O)[C@@H](N)CC(=O)O)C(C)C)C(=O)O. The Labute approximate surface area is 466 Å². The molecule has 8 amide bonds. The molecule has 1 heterocycles. The van der Waals surface area contributed by atoms with E-state index in [9.17, 15) is 63.3 Å². The summed E-state index contributed by atoms with van der Waals surface area (Å²) in [5, 5.41) is 59.9. The molecule has 3 aromatic rings. The van der Waals surface area contributed by atoms with Crippen molar-refractivity contribution in [2.45, 2.75) is 134 Å². The van der Waals surface area contributed by atoms with E-state index in [1.165, 1.54) is 91.5 Å². The van der Waals surface area contributed by atoms with Gasteiger partial charge in [0.2, 0.25) is 47.3 Å². The molecule has 0 spiro atoms. The van der Waals surface area contributed by atoms with Crippen molar-refractivity contribution in [3.63, 3.8) is 0 Å². The second-order valence-corrected chi connectivity index (χ2v) is 21.6. The van der Waals surface area contributed by atoms with E-state index in [0.717, 1.165) is 0 Å². The molecule has 0 unspecified atom stereocenters. The maximum Gasteiger partial charge on any atom is 0.326 e. The molecule has 9 atom stereocenters. The van der Waals surface area contributed by atoms with Gasteiger partial charge in [-0.2, -0.15) is 23.5 Å². The van der Waals surface area contributed by atoms with Crippen LogP contribution in [0.3, 0.4) is 0 Å². The number of phenolic OH excluding ortho intramolecular Hbond substituents is 2. The van der Waals surface area contributed by atoms with Crippen LogP contribution in [0.25, 0.3) is 0 Å². The van der Waals surface area contributed by atoms with Crippen LogP contribution in [0.15, 0.2) is 61.1 Å². The summed E-state index contributed by atoms with van der Waals surface area (Å²) >= 11 is 2.78. The molecule has 0 saturated heterocycles. The monoisotopic (exact) mass is 1140 g/mol. The minimum Gasteiger partial charge on any atom is -0.508 e. The summed E-state index contributed by atoms with van der Waals surface area (Å²) in [6, 6.07) is -0.711. The van der Waals surface area contributed by atoms with E-state index in [1.54, 1.807) is 40.2 Å². The van der Waals surface area contributed by atoms with Crippen LogP contribution in [0.1, 0.15) is 77.1 Å². The number of benzene rings is 2. The van der Waals surface area contributed by atoms with Crippen molar-refractivity contribution < 1.29 is 68.4 Å². The number of phenols is 2. The maximum atomic E-state index is 14.7. The number of amides is 8. The van der Waals surface area contributed by atoms with Gasteiger partial charge < -0.3 is 73.7 Å². The van der Waals surface area contributed by atoms with Crippen LogP contribution in [0.4, 0.5) is 0 Å². The third-order valence-corrected chi connectivity index (χ3v) is 13.5. The van der Waals surface area contributed by atoms with E-state index < -0.39 is 126 Å². The Balaban J connectivity index is 2.00. The number of aromatic hydroxyl groups is 2. The number of nitrogens with one attached hydrogen (secondary N) is 9. The van der Waals surface area contributed by atoms with Gasteiger partial charge in [0, 0.05) is 31.2 Å². The van der Waals surface area contributed by atoms with Crippen molar-refractivity contribution in [2.24, 2.45) is 17.6 Å². The van der Waals surface area contributed by atoms with Gasteiger partial charge in [-0.25, -0.2) is 9.78 Å². The zero-order chi connectivity index (χ0) is 58.9. The first-order valence-electron chi connectivity index (χ1n) is 25.5. The summed E-state index contributed by atoms with van der Waals surface area (Å²) in [5.41, 5.74) is 6.93. The average Bonchev–Trinajstić information content (AvgIpc) is 3.91. The van der Waals surface area contributed by atoms with Gasteiger partial charge in [0.25, 0.3) is 0 Å². The lowest BCUT2D eigenvalue weighted by molar-refractivity contribution is -0.142. The first-order chi connectivity index (χ1) is 37.3. The molecule has 1 aromatic heterocycles. The molecule has 0 aliphatic rings. The highest BCUT2D eigenvalue weighted by Gasteiger charge is 2.36. The Hall–Kier alpha value is -7.39. The van der Waals surface area contributed by atoms with Gasteiger partial charge in [-0.1, -0.05) is 52.0 Å². The number of aliphatic carboxylic acids is 2. The number of imidazole rings is 1. The van der Waals surface area contributed by atoms with Crippen LogP contribution in [-0.2, 0) is 67.2 Å². The van der Waals surface area contributed by atoms with Crippen LogP contribution in [-0.4, -0.2) is 168 Å². The molecule has 0 aliphatic carbocycles. The number of nitrogens with zero attached hydrogens (tertiary/aromatic N) is 1. The van der Waals surface area contributed by atoms with Gasteiger partial charge in [-0.3, -0.25) is 43.2 Å². The second-order valence-electron chi connectivity index (χ2n) is 19.6. The molecule has 25 nitrogen and oxygen atoms in total. The van der Waals surface area contributed by atoms with Crippen molar-refractivity contribution in [2.75, 3.05) is 24.0 Å². The number of carbonyl (C=O) groups excluding carboxylic acids is 8. The first kappa shape index (κ1) is 65.9. The Morgan fingerprint density at radius 3 is 1.41 bits per heavy atom. The predicted molar refractivity (Wildman–Crippen MR) is 295 cm³/mol. The minimum absolute atomic E-state index is 0.0292. The number of carboxylic acid groups (broad SMARTS) is 2. The van der Waals surface area contributed by atoms with Crippen LogP contribution in [0.2, 0.25) is 0 Å². The average molecular weight is 1140 g/mol. The topological polar surface area (TPSA) is 403 Å². The van der Waals surface area contributed by atoms with E-state index in [4.69, 9.17) is 10.8 Å². The van der Waals surface area contributed by atoms with Crippen molar-refractivity contribution in [3.05, 3.63) is 77.9 Å². The van der Waals surface area contributed by atoms with Crippen molar-refractivity contribution in [3.8, 4) is 11.5 Å². The predicted octanol–water partition coefficient (Wildman–Crippen LogP) is -0.158. The Morgan fingerprint density at radius 2 is 0.975 bits per heavy atom. The maximum absolute atomic E-state index is 14.7. The zero-order valence-corrected chi connectivity index (χ0v) is 46.8. The number of nitrogens with two attached hydrogens (primary N) is 1. The fourth-order valence-corrected chi connectivity index (χ4v) is 8.73. The largest absolute Gasteiger partial charge is 0.508 e. The van der Waals surface area contributed by atoms with Crippen molar-refractivity contribution >= 4 is 82.7 Å². The molecule has 27 heteroatoms.